The van der Waals surface area contributed by atoms with Crippen molar-refractivity contribution in [1.82, 2.24) is 4.98 Å². The summed E-state index contributed by atoms with van der Waals surface area (Å²) in [7, 11) is 1.42. The Hall–Kier alpha value is -2.47. The minimum atomic E-state index is -1.15. The second kappa shape index (κ2) is 5.88. The van der Waals surface area contributed by atoms with Crippen molar-refractivity contribution in [2.24, 2.45) is 0 Å². The van der Waals surface area contributed by atoms with Crippen LogP contribution in [-0.4, -0.2) is 29.1 Å². The summed E-state index contributed by atoms with van der Waals surface area (Å²) in [6, 6.07) is 6.12. The third-order valence-corrected chi connectivity index (χ3v) is 3.06. The van der Waals surface area contributed by atoms with E-state index in [1.54, 1.807) is 19.1 Å². The molecule has 0 aliphatic rings. The molecule has 2 rings (SSSR count). The summed E-state index contributed by atoms with van der Waals surface area (Å²) in [4.78, 5) is 26.0. The zero-order valence-electron chi connectivity index (χ0n) is 11.4. The number of methoxy groups -OCH3 is 1. The van der Waals surface area contributed by atoms with Crippen molar-refractivity contribution in [3.05, 3.63) is 46.2 Å². The smallest absolute Gasteiger partial charge is 0.354 e. The highest BCUT2D eigenvalue weighted by Crippen LogP contribution is 2.25. The number of amides is 1. The molecule has 1 amide bonds. The fourth-order valence-corrected chi connectivity index (χ4v) is 2.06. The van der Waals surface area contributed by atoms with Crippen LogP contribution in [0.2, 0.25) is 5.02 Å². The summed E-state index contributed by atoms with van der Waals surface area (Å²) >= 11 is 5.84. The van der Waals surface area contributed by atoms with Crippen molar-refractivity contribution >= 4 is 29.2 Å². The van der Waals surface area contributed by atoms with E-state index in [1.165, 1.54) is 19.2 Å². The standard InChI is InChI=1S/C14H13ClN2O4/c1-7-5-10(12(16-7)14(19)20)17-13(18)9-4-3-8(15)6-11(9)21-2/h3-6,16H,1-2H3,(H,17,18)(H,19,20). The molecule has 110 valence electrons. The van der Waals surface area contributed by atoms with Crippen LogP contribution in [0.4, 0.5) is 5.69 Å². The van der Waals surface area contributed by atoms with Gasteiger partial charge in [-0.1, -0.05) is 11.6 Å². The molecule has 0 unspecified atom stereocenters. The number of aromatic carboxylic acids is 1. The SMILES string of the molecule is COc1cc(Cl)ccc1C(=O)Nc1cc(C)[nH]c1C(=O)O. The molecule has 0 radical (unpaired) electrons. The Kier molecular flexibility index (Phi) is 4.18. The summed E-state index contributed by atoms with van der Waals surface area (Å²) in [5.74, 6) is -1.32. The summed E-state index contributed by atoms with van der Waals surface area (Å²) in [6.45, 7) is 1.70. The maximum absolute atomic E-state index is 12.2. The molecule has 0 saturated carbocycles. The Labute approximate surface area is 125 Å². The Morgan fingerprint density at radius 1 is 1.33 bits per heavy atom. The average Bonchev–Trinajstić information content (AvgIpc) is 2.79. The molecule has 0 bridgehead atoms. The number of ether oxygens (including phenoxy) is 1. The molecule has 0 spiro atoms. The van der Waals surface area contributed by atoms with Crippen molar-refractivity contribution < 1.29 is 19.4 Å². The van der Waals surface area contributed by atoms with Gasteiger partial charge < -0.3 is 20.1 Å². The summed E-state index contributed by atoms with van der Waals surface area (Å²) in [5, 5.41) is 12.1. The number of halogens is 1. The van der Waals surface area contributed by atoms with E-state index in [-0.39, 0.29) is 16.9 Å². The number of benzene rings is 1. The molecular formula is C14H13ClN2O4. The van der Waals surface area contributed by atoms with Gasteiger partial charge in [0.2, 0.25) is 0 Å². The van der Waals surface area contributed by atoms with Crippen LogP contribution < -0.4 is 10.1 Å². The molecule has 1 aromatic heterocycles. The Bertz CT molecular complexity index is 709. The molecule has 0 atom stereocenters. The third kappa shape index (κ3) is 3.17. The van der Waals surface area contributed by atoms with E-state index in [0.29, 0.717) is 16.5 Å². The predicted octanol–water partition coefficient (Wildman–Crippen LogP) is 2.94. The first-order chi connectivity index (χ1) is 9.92. The highest BCUT2D eigenvalue weighted by Gasteiger charge is 2.18. The first kappa shape index (κ1) is 14.9. The number of rotatable bonds is 4. The molecule has 2 aromatic rings. The number of nitrogens with one attached hydrogen (secondary N) is 2. The van der Waals surface area contributed by atoms with Gasteiger partial charge in [-0.15, -0.1) is 0 Å². The van der Waals surface area contributed by atoms with Crippen molar-refractivity contribution in [3.63, 3.8) is 0 Å². The summed E-state index contributed by atoms with van der Waals surface area (Å²) < 4.78 is 5.10. The van der Waals surface area contributed by atoms with E-state index >= 15 is 0 Å². The number of aryl methyl sites for hydroxylation is 1. The van der Waals surface area contributed by atoms with Gasteiger partial charge in [0.15, 0.2) is 0 Å². The van der Waals surface area contributed by atoms with Crippen LogP contribution in [0, 0.1) is 6.92 Å². The lowest BCUT2D eigenvalue weighted by Crippen LogP contribution is -2.15. The molecule has 0 fully saturated rings. The van der Waals surface area contributed by atoms with Gasteiger partial charge >= 0.3 is 5.97 Å². The number of aromatic amines is 1. The summed E-state index contributed by atoms with van der Waals surface area (Å²) in [5.41, 5.74) is 1.01. The lowest BCUT2D eigenvalue weighted by molar-refractivity contribution is 0.0692. The number of hydrogen-bond donors (Lipinski definition) is 3. The lowest BCUT2D eigenvalue weighted by Gasteiger charge is -2.09. The van der Waals surface area contributed by atoms with Crippen molar-refractivity contribution in [2.45, 2.75) is 6.92 Å². The minimum absolute atomic E-state index is 0.0752. The number of aromatic nitrogens is 1. The number of carboxylic acid groups (broad SMARTS) is 1. The van der Waals surface area contributed by atoms with Crippen LogP contribution >= 0.6 is 11.6 Å². The maximum Gasteiger partial charge on any atom is 0.354 e. The normalized spacial score (nSPS) is 10.2. The Morgan fingerprint density at radius 2 is 2.05 bits per heavy atom. The monoisotopic (exact) mass is 308 g/mol. The quantitative estimate of drug-likeness (QED) is 0.810. The van der Waals surface area contributed by atoms with Crippen LogP contribution in [0.5, 0.6) is 5.75 Å². The van der Waals surface area contributed by atoms with Crippen LogP contribution in [0.25, 0.3) is 0 Å². The first-order valence-corrected chi connectivity index (χ1v) is 6.38. The highest BCUT2D eigenvalue weighted by molar-refractivity contribution is 6.31. The number of carbonyl (C=O) groups excluding carboxylic acids is 1. The Balaban J connectivity index is 2.32. The van der Waals surface area contributed by atoms with E-state index in [2.05, 4.69) is 10.3 Å². The topological polar surface area (TPSA) is 91.4 Å². The number of carboxylic acids is 1. The molecular weight excluding hydrogens is 296 g/mol. The Morgan fingerprint density at radius 3 is 2.67 bits per heavy atom. The van der Waals surface area contributed by atoms with Gasteiger partial charge in [0.05, 0.1) is 18.4 Å². The third-order valence-electron chi connectivity index (χ3n) is 2.82. The minimum Gasteiger partial charge on any atom is -0.496 e. The number of anilines is 1. The van der Waals surface area contributed by atoms with Crippen LogP contribution in [0.1, 0.15) is 26.5 Å². The molecule has 0 aliphatic carbocycles. The van der Waals surface area contributed by atoms with Crippen molar-refractivity contribution in [2.75, 3.05) is 12.4 Å². The first-order valence-electron chi connectivity index (χ1n) is 6.00. The second-order valence-corrected chi connectivity index (χ2v) is 4.78. The average molecular weight is 309 g/mol. The van der Waals surface area contributed by atoms with Crippen LogP contribution in [0.3, 0.4) is 0 Å². The van der Waals surface area contributed by atoms with E-state index in [9.17, 15) is 9.59 Å². The molecule has 0 aliphatic heterocycles. The number of carbonyl (C=O) groups is 2. The largest absolute Gasteiger partial charge is 0.496 e. The van der Waals surface area contributed by atoms with Gasteiger partial charge in [-0.05, 0) is 31.2 Å². The van der Waals surface area contributed by atoms with Crippen molar-refractivity contribution in [1.29, 1.82) is 0 Å². The van der Waals surface area contributed by atoms with Crippen molar-refractivity contribution in [3.8, 4) is 5.75 Å². The van der Waals surface area contributed by atoms with E-state index in [0.717, 1.165) is 0 Å². The second-order valence-electron chi connectivity index (χ2n) is 4.34. The summed E-state index contributed by atoms with van der Waals surface area (Å²) in [6.07, 6.45) is 0. The zero-order chi connectivity index (χ0) is 15.6. The maximum atomic E-state index is 12.2. The molecule has 21 heavy (non-hydrogen) atoms. The van der Waals surface area contributed by atoms with E-state index in [1.807, 2.05) is 0 Å². The highest BCUT2D eigenvalue weighted by atomic mass is 35.5. The van der Waals surface area contributed by atoms with Gasteiger partial charge in [-0.3, -0.25) is 4.79 Å². The molecule has 3 N–H and O–H groups in total. The van der Waals surface area contributed by atoms with Crippen LogP contribution in [0.15, 0.2) is 24.3 Å². The molecule has 0 saturated heterocycles. The van der Waals surface area contributed by atoms with Gasteiger partial charge in [0.1, 0.15) is 11.4 Å². The van der Waals surface area contributed by atoms with Crippen LogP contribution in [-0.2, 0) is 0 Å². The molecule has 7 heteroatoms. The molecule has 1 heterocycles. The number of hydrogen-bond acceptors (Lipinski definition) is 3. The predicted molar refractivity (Wildman–Crippen MR) is 78.4 cm³/mol. The molecule has 1 aromatic carbocycles. The molecule has 6 nitrogen and oxygen atoms in total. The van der Waals surface area contributed by atoms with Gasteiger partial charge in [0.25, 0.3) is 5.91 Å². The van der Waals surface area contributed by atoms with Gasteiger partial charge in [0, 0.05) is 10.7 Å². The van der Waals surface area contributed by atoms with E-state index in [4.69, 9.17) is 21.4 Å². The fraction of sp³-hybridized carbons (Fsp3) is 0.143. The van der Waals surface area contributed by atoms with Gasteiger partial charge in [-0.25, -0.2) is 4.79 Å². The number of H-pyrrole nitrogens is 1. The van der Waals surface area contributed by atoms with Gasteiger partial charge in [-0.2, -0.15) is 0 Å². The zero-order valence-corrected chi connectivity index (χ0v) is 12.1. The lowest BCUT2D eigenvalue weighted by atomic mass is 10.2. The van der Waals surface area contributed by atoms with E-state index < -0.39 is 11.9 Å². The fourth-order valence-electron chi connectivity index (χ4n) is 1.90.